The van der Waals surface area contributed by atoms with Crippen molar-refractivity contribution in [2.24, 2.45) is 5.41 Å². The molecule has 98 valence electrons. The third-order valence-electron chi connectivity index (χ3n) is 4.48. The topological polar surface area (TPSA) is 64.7 Å². The Morgan fingerprint density at radius 1 is 1.00 bits per heavy atom. The molecule has 0 aliphatic heterocycles. The lowest BCUT2D eigenvalue weighted by Gasteiger charge is -2.20. The molecule has 0 aromatic carbocycles. The highest BCUT2D eigenvalue weighted by molar-refractivity contribution is 5.24. The number of anilines is 1. The summed E-state index contributed by atoms with van der Waals surface area (Å²) >= 11 is 0. The molecule has 4 nitrogen and oxygen atoms in total. The lowest BCUT2D eigenvalue weighted by Crippen LogP contribution is -2.13. The van der Waals surface area contributed by atoms with E-state index in [9.17, 15) is 0 Å². The molecule has 0 saturated heterocycles. The fourth-order valence-electron chi connectivity index (χ4n) is 3.03. The summed E-state index contributed by atoms with van der Waals surface area (Å²) in [4.78, 5) is 13.4. The van der Waals surface area contributed by atoms with E-state index < -0.39 is 0 Å². The number of nitrogens with two attached hydrogens (primary N) is 1. The van der Waals surface area contributed by atoms with Crippen LogP contribution in [0.5, 0.6) is 0 Å². The van der Waals surface area contributed by atoms with Gasteiger partial charge in [-0.3, -0.25) is 0 Å². The van der Waals surface area contributed by atoms with E-state index in [1.165, 1.54) is 38.5 Å². The third-order valence-corrected chi connectivity index (χ3v) is 4.48. The van der Waals surface area contributed by atoms with Crippen LogP contribution in [-0.4, -0.2) is 15.0 Å². The van der Waals surface area contributed by atoms with Crippen LogP contribution < -0.4 is 5.73 Å². The minimum absolute atomic E-state index is 0.345. The molecule has 3 rings (SSSR count). The predicted octanol–water partition coefficient (Wildman–Crippen LogP) is 3.02. The average Bonchev–Trinajstić information content (AvgIpc) is 2.99. The van der Waals surface area contributed by atoms with E-state index in [2.05, 4.69) is 23.8 Å². The second-order valence-electron chi connectivity index (χ2n) is 6.49. The summed E-state index contributed by atoms with van der Waals surface area (Å²) < 4.78 is 0. The van der Waals surface area contributed by atoms with Crippen LogP contribution in [0, 0.1) is 5.41 Å². The summed E-state index contributed by atoms with van der Waals surface area (Å²) in [5.41, 5.74) is 6.20. The molecule has 1 unspecified atom stereocenters. The largest absolute Gasteiger partial charge is 0.368 e. The van der Waals surface area contributed by atoms with Gasteiger partial charge in [0.2, 0.25) is 5.95 Å². The van der Waals surface area contributed by atoms with Crippen LogP contribution in [0.15, 0.2) is 0 Å². The first-order chi connectivity index (χ1) is 8.56. The summed E-state index contributed by atoms with van der Waals surface area (Å²) in [6.07, 6.45) is 7.51. The van der Waals surface area contributed by atoms with Crippen molar-refractivity contribution in [1.82, 2.24) is 15.0 Å². The second kappa shape index (κ2) is 4.18. The molecule has 0 amide bonds. The molecule has 2 fully saturated rings. The maximum absolute atomic E-state index is 5.86. The van der Waals surface area contributed by atoms with Crippen molar-refractivity contribution in [3.63, 3.8) is 0 Å². The zero-order valence-corrected chi connectivity index (χ0v) is 11.3. The van der Waals surface area contributed by atoms with Crippen molar-refractivity contribution >= 4 is 5.95 Å². The van der Waals surface area contributed by atoms with Crippen molar-refractivity contribution in [3.05, 3.63) is 11.6 Å². The van der Waals surface area contributed by atoms with Gasteiger partial charge >= 0.3 is 0 Å². The smallest absolute Gasteiger partial charge is 0.223 e. The molecule has 0 radical (unpaired) electrons. The van der Waals surface area contributed by atoms with Gasteiger partial charge in [-0.1, -0.05) is 33.1 Å². The van der Waals surface area contributed by atoms with Crippen LogP contribution in [0.4, 0.5) is 5.95 Å². The van der Waals surface area contributed by atoms with E-state index in [4.69, 9.17) is 10.7 Å². The quantitative estimate of drug-likeness (QED) is 0.871. The van der Waals surface area contributed by atoms with Crippen molar-refractivity contribution in [2.75, 3.05) is 5.73 Å². The van der Waals surface area contributed by atoms with Crippen molar-refractivity contribution in [3.8, 4) is 0 Å². The predicted molar refractivity (Wildman–Crippen MR) is 71.2 cm³/mol. The first kappa shape index (κ1) is 11.9. The minimum atomic E-state index is 0.345. The second-order valence-corrected chi connectivity index (χ2v) is 6.49. The Hall–Kier alpha value is -1.19. The molecule has 1 aromatic rings. The van der Waals surface area contributed by atoms with Crippen LogP contribution in [0.25, 0.3) is 0 Å². The molecule has 2 N–H and O–H groups in total. The summed E-state index contributed by atoms with van der Waals surface area (Å²) in [7, 11) is 0. The van der Waals surface area contributed by atoms with Gasteiger partial charge in [0.1, 0.15) is 11.6 Å². The maximum atomic E-state index is 5.86. The van der Waals surface area contributed by atoms with Gasteiger partial charge in [0.25, 0.3) is 0 Å². The van der Waals surface area contributed by atoms with Gasteiger partial charge in [-0.15, -0.1) is 0 Å². The first-order valence-electron chi connectivity index (χ1n) is 7.07. The van der Waals surface area contributed by atoms with E-state index in [1.54, 1.807) is 0 Å². The zero-order valence-electron chi connectivity index (χ0n) is 11.3. The molecule has 0 bridgehead atoms. The Morgan fingerprint density at radius 3 is 2.22 bits per heavy atom. The molecular formula is C14H22N4. The number of nitrogen functional groups attached to an aromatic ring is 1. The summed E-state index contributed by atoms with van der Waals surface area (Å²) in [6, 6.07) is 0. The van der Waals surface area contributed by atoms with Gasteiger partial charge in [-0.2, -0.15) is 9.97 Å². The Kier molecular flexibility index (Phi) is 2.76. The molecule has 1 atom stereocenters. The standard InChI is InChI=1S/C14H22N4/c1-14(2)8-10(14)12-16-11(17-13(15)18-12)9-6-4-3-5-7-9/h9-10H,3-8H2,1-2H3,(H2,15,16,17,18). The Morgan fingerprint density at radius 2 is 1.61 bits per heavy atom. The van der Waals surface area contributed by atoms with E-state index in [1.807, 2.05) is 0 Å². The lowest BCUT2D eigenvalue weighted by molar-refractivity contribution is 0.426. The highest BCUT2D eigenvalue weighted by Crippen LogP contribution is 2.57. The van der Waals surface area contributed by atoms with E-state index in [0.717, 1.165) is 11.6 Å². The fraction of sp³-hybridized carbons (Fsp3) is 0.786. The third kappa shape index (κ3) is 2.20. The van der Waals surface area contributed by atoms with Gasteiger partial charge < -0.3 is 5.73 Å². The number of rotatable bonds is 2. The van der Waals surface area contributed by atoms with E-state index in [-0.39, 0.29) is 0 Å². The van der Waals surface area contributed by atoms with Crippen LogP contribution in [0.1, 0.15) is 75.9 Å². The molecular weight excluding hydrogens is 224 g/mol. The van der Waals surface area contributed by atoms with Crippen LogP contribution in [0.3, 0.4) is 0 Å². The minimum Gasteiger partial charge on any atom is -0.368 e. The fourth-order valence-corrected chi connectivity index (χ4v) is 3.03. The monoisotopic (exact) mass is 246 g/mol. The molecule has 2 aliphatic rings. The Bertz CT molecular complexity index is 449. The van der Waals surface area contributed by atoms with Crippen LogP contribution in [-0.2, 0) is 0 Å². The number of aromatic nitrogens is 3. The van der Waals surface area contributed by atoms with Crippen molar-refractivity contribution in [1.29, 1.82) is 0 Å². The Labute approximate surface area is 108 Å². The summed E-state index contributed by atoms with van der Waals surface area (Å²) in [6.45, 7) is 4.52. The van der Waals surface area contributed by atoms with Crippen LogP contribution in [0.2, 0.25) is 0 Å². The molecule has 1 aromatic heterocycles. The van der Waals surface area contributed by atoms with Crippen LogP contribution >= 0.6 is 0 Å². The highest BCUT2D eigenvalue weighted by Gasteiger charge is 2.49. The summed E-state index contributed by atoms with van der Waals surface area (Å²) in [5, 5.41) is 0. The van der Waals surface area contributed by atoms with Gasteiger partial charge in [-0.25, -0.2) is 4.98 Å². The van der Waals surface area contributed by atoms with Crippen molar-refractivity contribution < 1.29 is 0 Å². The lowest BCUT2D eigenvalue weighted by atomic mass is 9.89. The SMILES string of the molecule is CC1(C)CC1c1nc(N)nc(C2CCCCC2)n1. The zero-order chi connectivity index (χ0) is 12.8. The average molecular weight is 246 g/mol. The van der Waals surface area contributed by atoms with Gasteiger partial charge in [0, 0.05) is 11.8 Å². The van der Waals surface area contributed by atoms with Gasteiger partial charge in [0.15, 0.2) is 0 Å². The number of hydrogen-bond donors (Lipinski definition) is 1. The molecule has 0 spiro atoms. The number of hydrogen-bond acceptors (Lipinski definition) is 4. The Balaban J connectivity index is 1.86. The maximum Gasteiger partial charge on any atom is 0.223 e. The van der Waals surface area contributed by atoms with Gasteiger partial charge in [-0.05, 0) is 24.7 Å². The van der Waals surface area contributed by atoms with Gasteiger partial charge in [0.05, 0.1) is 0 Å². The highest BCUT2D eigenvalue weighted by atomic mass is 15.1. The normalized spacial score (nSPS) is 27.1. The first-order valence-corrected chi connectivity index (χ1v) is 7.07. The van der Waals surface area contributed by atoms with Crippen molar-refractivity contribution in [2.45, 2.75) is 64.2 Å². The summed E-state index contributed by atoms with van der Waals surface area (Å²) in [5.74, 6) is 3.26. The van der Waals surface area contributed by atoms with E-state index >= 15 is 0 Å². The molecule has 4 heteroatoms. The molecule has 18 heavy (non-hydrogen) atoms. The number of nitrogens with zero attached hydrogens (tertiary/aromatic N) is 3. The molecule has 1 heterocycles. The van der Waals surface area contributed by atoms with E-state index in [0.29, 0.717) is 23.2 Å². The molecule has 2 aliphatic carbocycles. The molecule has 2 saturated carbocycles.